The van der Waals surface area contributed by atoms with Crippen LogP contribution in [-0.4, -0.2) is 32.8 Å². The van der Waals surface area contributed by atoms with Gasteiger partial charge >= 0.3 is 0 Å². The number of nitrogens with zero attached hydrogens (tertiary/aromatic N) is 1. The first kappa shape index (κ1) is 15.4. The molecule has 2 aromatic rings. The molecule has 2 rings (SSSR count). The van der Waals surface area contributed by atoms with Gasteiger partial charge in [0.25, 0.3) is 0 Å². The highest BCUT2D eigenvalue weighted by molar-refractivity contribution is 5.27. The molecule has 0 aliphatic carbocycles. The van der Waals surface area contributed by atoms with Gasteiger partial charge in [-0.3, -0.25) is 0 Å². The second kappa shape index (κ2) is 6.64. The number of hydrogen-bond acceptors (Lipinski definition) is 2. The maximum absolute atomic E-state index is 5.20. The van der Waals surface area contributed by atoms with Gasteiger partial charge in [-0.05, 0) is 48.5 Å². The van der Waals surface area contributed by atoms with Gasteiger partial charge in [-0.2, -0.15) is 0 Å². The Morgan fingerprint density at radius 2 is 1.00 bits per heavy atom. The first-order chi connectivity index (χ1) is 10.0. The summed E-state index contributed by atoms with van der Waals surface area (Å²) in [6.07, 6.45) is 0. The van der Waals surface area contributed by atoms with Crippen LogP contribution in [0.2, 0.25) is 0 Å². The molecule has 0 heterocycles. The molecule has 2 aromatic carbocycles. The van der Waals surface area contributed by atoms with Crippen LogP contribution in [0.1, 0.15) is 11.1 Å². The fourth-order valence-electron chi connectivity index (χ4n) is 2.51. The van der Waals surface area contributed by atoms with E-state index in [1.54, 1.807) is 14.2 Å². The fraction of sp³-hybridized carbons (Fsp3) is 0.333. The zero-order chi connectivity index (χ0) is 15.3. The van der Waals surface area contributed by atoms with E-state index in [1.165, 1.54) is 11.1 Å². The van der Waals surface area contributed by atoms with Gasteiger partial charge in [0.15, 0.2) is 0 Å². The van der Waals surface area contributed by atoms with E-state index in [4.69, 9.17) is 9.47 Å². The van der Waals surface area contributed by atoms with Crippen LogP contribution in [0, 0.1) is 0 Å². The Morgan fingerprint density at radius 1 is 0.667 bits per heavy atom. The standard InChI is InChI=1S/C18H24NO2/c1-19(2,13-15-5-9-17(20-3)10-6-15)14-16-7-11-18(21-4)12-8-16/h5-12H,13-14H2,1-4H3/q+1. The van der Waals surface area contributed by atoms with E-state index < -0.39 is 0 Å². The SMILES string of the molecule is COc1ccc(C[N+](C)(C)Cc2ccc(OC)cc2)cc1. The van der Waals surface area contributed by atoms with Gasteiger partial charge in [-0.15, -0.1) is 0 Å². The highest BCUT2D eigenvalue weighted by Gasteiger charge is 2.16. The van der Waals surface area contributed by atoms with Crippen molar-refractivity contribution in [2.24, 2.45) is 0 Å². The predicted octanol–water partition coefficient (Wildman–Crippen LogP) is 3.48. The first-order valence-corrected chi connectivity index (χ1v) is 7.10. The minimum absolute atomic E-state index is 0.901. The van der Waals surface area contributed by atoms with E-state index in [1.807, 2.05) is 24.3 Å². The zero-order valence-corrected chi connectivity index (χ0v) is 13.3. The molecular formula is C18H24NO2+. The Hall–Kier alpha value is -2.00. The molecule has 0 bridgehead atoms. The normalized spacial score (nSPS) is 11.2. The summed E-state index contributed by atoms with van der Waals surface area (Å²) in [6, 6.07) is 16.6. The van der Waals surface area contributed by atoms with Crippen LogP contribution in [0.15, 0.2) is 48.5 Å². The average molecular weight is 286 g/mol. The third-order valence-electron chi connectivity index (χ3n) is 3.54. The summed E-state index contributed by atoms with van der Waals surface area (Å²) in [4.78, 5) is 0. The lowest BCUT2D eigenvalue weighted by Gasteiger charge is -2.30. The molecule has 112 valence electrons. The molecule has 0 spiro atoms. The summed E-state index contributed by atoms with van der Waals surface area (Å²) in [5.74, 6) is 1.80. The zero-order valence-electron chi connectivity index (χ0n) is 13.3. The highest BCUT2D eigenvalue weighted by atomic mass is 16.5. The van der Waals surface area contributed by atoms with Gasteiger partial charge in [-0.1, -0.05) is 0 Å². The molecule has 0 aliphatic heterocycles. The molecule has 0 unspecified atom stereocenters. The van der Waals surface area contributed by atoms with E-state index in [0.29, 0.717) is 0 Å². The molecule has 0 N–H and O–H groups in total. The molecule has 3 heteroatoms. The first-order valence-electron chi connectivity index (χ1n) is 7.10. The highest BCUT2D eigenvalue weighted by Crippen LogP contribution is 2.19. The monoisotopic (exact) mass is 286 g/mol. The molecule has 0 radical (unpaired) electrons. The van der Waals surface area contributed by atoms with Crippen LogP contribution in [0.25, 0.3) is 0 Å². The number of quaternary nitrogens is 1. The van der Waals surface area contributed by atoms with E-state index in [-0.39, 0.29) is 0 Å². The van der Waals surface area contributed by atoms with Crippen molar-refractivity contribution >= 4 is 0 Å². The summed E-state index contributed by atoms with van der Waals surface area (Å²) >= 11 is 0. The third kappa shape index (κ3) is 4.50. The topological polar surface area (TPSA) is 18.5 Å². The Bertz CT molecular complexity index is 507. The van der Waals surface area contributed by atoms with Crippen LogP contribution in [0.3, 0.4) is 0 Å². The minimum Gasteiger partial charge on any atom is -0.497 e. The van der Waals surface area contributed by atoms with E-state index in [0.717, 1.165) is 29.1 Å². The summed E-state index contributed by atoms with van der Waals surface area (Å²) in [7, 11) is 7.88. The summed E-state index contributed by atoms with van der Waals surface area (Å²) in [5.41, 5.74) is 2.63. The van der Waals surface area contributed by atoms with Crippen molar-refractivity contribution in [2.75, 3.05) is 28.3 Å². The van der Waals surface area contributed by atoms with Crippen molar-refractivity contribution in [1.29, 1.82) is 0 Å². The number of benzene rings is 2. The summed E-state index contributed by atoms with van der Waals surface area (Å²) in [6.45, 7) is 1.96. The predicted molar refractivity (Wildman–Crippen MR) is 85.5 cm³/mol. The second-order valence-electron chi connectivity index (χ2n) is 5.95. The van der Waals surface area contributed by atoms with Crippen LogP contribution in [0.5, 0.6) is 11.5 Å². The Labute approximate surface area is 127 Å². The van der Waals surface area contributed by atoms with Gasteiger partial charge in [-0.25, -0.2) is 0 Å². The molecule has 0 aromatic heterocycles. The number of hydrogen-bond donors (Lipinski definition) is 0. The number of ether oxygens (including phenoxy) is 2. The third-order valence-corrected chi connectivity index (χ3v) is 3.54. The Morgan fingerprint density at radius 3 is 1.29 bits per heavy atom. The van der Waals surface area contributed by atoms with E-state index in [9.17, 15) is 0 Å². The van der Waals surface area contributed by atoms with Gasteiger partial charge in [0.1, 0.15) is 24.6 Å². The molecule has 0 aliphatic rings. The van der Waals surface area contributed by atoms with Crippen molar-refractivity contribution in [3.8, 4) is 11.5 Å². The van der Waals surface area contributed by atoms with Crippen molar-refractivity contribution < 1.29 is 14.0 Å². The Kier molecular flexibility index (Phi) is 4.86. The van der Waals surface area contributed by atoms with Crippen molar-refractivity contribution in [2.45, 2.75) is 13.1 Å². The smallest absolute Gasteiger partial charge is 0.118 e. The van der Waals surface area contributed by atoms with Crippen molar-refractivity contribution in [3.63, 3.8) is 0 Å². The molecule has 21 heavy (non-hydrogen) atoms. The molecule has 0 amide bonds. The van der Waals surface area contributed by atoms with Crippen LogP contribution < -0.4 is 9.47 Å². The largest absolute Gasteiger partial charge is 0.497 e. The lowest BCUT2D eigenvalue weighted by atomic mass is 10.1. The maximum Gasteiger partial charge on any atom is 0.118 e. The van der Waals surface area contributed by atoms with Crippen molar-refractivity contribution in [3.05, 3.63) is 59.7 Å². The second-order valence-corrected chi connectivity index (χ2v) is 5.95. The summed E-state index contributed by atoms with van der Waals surface area (Å²) in [5, 5.41) is 0. The molecular weight excluding hydrogens is 262 g/mol. The van der Waals surface area contributed by atoms with E-state index in [2.05, 4.69) is 38.4 Å². The van der Waals surface area contributed by atoms with E-state index >= 15 is 0 Å². The average Bonchev–Trinajstić information content (AvgIpc) is 2.48. The minimum atomic E-state index is 0.901. The van der Waals surface area contributed by atoms with Crippen LogP contribution in [-0.2, 0) is 13.1 Å². The van der Waals surface area contributed by atoms with Gasteiger partial charge in [0.2, 0.25) is 0 Å². The number of rotatable bonds is 6. The molecule has 0 saturated heterocycles. The molecule has 0 atom stereocenters. The molecule has 0 fully saturated rings. The lowest BCUT2D eigenvalue weighted by molar-refractivity contribution is -0.916. The molecule has 0 saturated carbocycles. The molecule has 3 nitrogen and oxygen atoms in total. The quantitative estimate of drug-likeness (QED) is 0.757. The Balaban J connectivity index is 2.02. The van der Waals surface area contributed by atoms with Crippen LogP contribution in [0.4, 0.5) is 0 Å². The van der Waals surface area contributed by atoms with Gasteiger partial charge in [0, 0.05) is 11.1 Å². The van der Waals surface area contributed by atoms with Gasteiger partial charge in [0.05, 0.1) is 28.3 Å². The van der Waals surface area contributed by atoms with Crippen LogP contribution >= 0.6 is 0 Å². The van der Waals surface area contributed by atoms with Crippen molar-refractivity contribution in [1.82, 2.24) is 0 Å². The maximum atomic E-state index is 5.20. The number of methoxy groups -OCH3 is 2. The summed E-state index contributed by atoms with van der Waals surface area (Å²) < 4.78 is 11.3. The van der Waals surface area contributed by atoms with Gasteiger partial charge < -0.3 is 14.0 Å². The fourth-order valence-corrected chi connectivity index (χ4v) is 2.51. The lowest BCUT2D eigenvalue weighted by Crippen LogP contribution is -2.37.